The molecule has 0 aliphatic carbocycles. The maximum absolute atomic E-state index is 12.0. The average Bonchev–Trinajstić information content (AvgIpc) is 2.88. The van der Waals surface area contributed by atoms with Crippen LogP contribution in [-0.2, 0) is 5.41 Å². The predicted molar refractivity (Wildman–Crippen MR) is 77.2 cm³/mol. The van der Waals surface area contributed by atoms with Gasteiger partial charge in [-0.3, -0.25) is 4.79 Å². The monoisotopic (exact) mass is 254 g/mol. The second-order valence-electron chi connectivity index (χ2n) is 5.54. The van der Waals surface area contributed by atoms with Crippen LogP contribution in [0.5, 0.6) is 0 Å². The molecule has 1 aromatic heterocycles. The Labute approximate surface area is 113 Å². The first-order valence-corrected chi connectivity index (χ1v) is 6.33. The fourth-order valence-electron chi connectivity index (χ4n) is 1.77. The second-order valence-corrected chi connectivity index (χ2v) is 5.54. The third-order valence-corrected chi connectivity index (χ3v) is 2.98. The summed E-state index contributed by atoms with van der Waals surface area (Å²) >= 11 is 0. The molecular formula is C17H18O2. The number of hydrogen-bond donors (Lipinski definition) is 0. The largest absolute Gasteiger partial charge is 0.465 e. The molecule has 0 aliphatic rings. The van der Waals surface area contributed by atoms with Crippen molar-refractivity contribution in [2.75, 3.05) is 0 Å². The van der Waals surface area contributed by atoms with Gasteiger partial charge in [0.15, 0.2) is 5.78 Å². The van der Waals surface area contributed by atoms with Crippen molar-refractivity contribution >= 4 is 11.9 Å². The van der Waals surface area contributed by atoms with E-state index in [4.69, 9.17) is 4.42 Å². The Morgan fingerprint density at radius 2 is 1.79 bits per heavy atom. The molecule has 19 heavy (non-hydrogen) atoms. The molecule has 98 valence electrons. The smallest absolute Gasteiger partial charge is 0.185 e. The molecule has 0 spiro atoms. The number of ketones is 1. The minimum Gasteiger partial charge on any atom is -0.465 e. The summed E-state index contributed by atoms with van der Waals surface area (Å²) < 4.78 is 5.14. The lowest BCUT2D eigenvalue weighted by atomic mass is 9.86. The van der Waals surface area contributed by atoms with Gasteiger partial charge in [-0.25, -0.2) is 0 Å². The van der Waals surface area contributed by atoms with Crippen molar-refractivity contribution in [2.45, 2.75) is 26.2 Å². The van der Waals surface area contributed by atoms with Gasteiger partial charge in [-0.1, -0.05) is 45.0 Å². The van der Waals surface area contributed by atoms with Gasteiger partial charge >= 0.3 is 0 Å². The van der Waals surface area contributed by atoms with Crippen LogP contribution < -0.4 is 0 Å². The van der Waals surface area contributed by atoms with Crippen LogP contribution in [-0.4, -0.2) is 5.78 Å². The zero-order valence-corrected chi connectivity index (χ0v) is 11.5. The minimum absolute atomic E-state index is 0.0168. The topological polar surface area (TPSA) is 30.2 Å². The van der Waals surface area contributed by atoms with E-state index in [1.165, 1.54) is 11.6 Å². The number of carbonyl (C=O) groups is 1. The number of carbonyl (C=O) groups excluding carboxylic acids is 1. The highest BCUT2D eigenvalue weighted by molar-refractivity contribution is 6.06. The van der Waals surface area contributed by atoms with Crippen LogP contribution >= 0.6 is 0 Å². The van der Waals surface area contributed by atoms with Crippen molar-refractivity contribution in [1.82, 2.24) is 0 Å². The van der Waals surface area contributed by atoms with Crippen LogP contribution in [0.2, 0.25) is 0 Å². The van der Waals surface area contributed by atoms with Gasteiger partial charge in [0.2, 0.25) is 0 Å². The first kappa shape index (κ1) is 13.3. The molecule has 2 rings (SSSR count). The van der Waals surface area contributed by atoms with Crippen molar-refractivity contribution < 1.29 is 9.21 Å². The standard InChI is InChI=1S/C17H18O2/c1-17(2,3)14-8-6-13(7-9-14)16(18)11-10-15-5-4-12-19-15/h4-12H,1-3H3/b11-10+. The molecular weight excluding hydrogens is 236 g/mol. The molecule has 0 unspecified atom stereocenters. The molecule has 2 heteroatoms. The van der Waals surface area contributed by atoms with Gasteiger partial charge in [0.05, 0.1) is 6.26 Å². The van der Waals surface area contributed by atoms with Crippen molar-refractivity contribution in [3.63, 3.8) is 0 Å². The molecule has 0 atom stereocenters. The first-order valence-electron chi connectivity index (χ1n) is 6.33. The van der Waals surface area contributed by atoms with E-state index in [-0.39, 0.29) is 11.2 Å². The molecule has 0 fully saturated rings. The summed E-state index contributed by atoms with van der Waals surface area (Å²) in [6.45, 7) is 6.46. The summed E-state index contributed by atoms with van der Waals surface area (Å²) in [7, 11) is 0. The van der Waals surface area contributed by atoms with Gasteiger partial charge in [0.25, 0.3) is 0 Å². The molecule has 2 aromatic rings. The lowest BCUT2D eigenvalue weighted by molar-refractivity contribution is 0.104. The first-order chi connectivity index (χ1) is 8.97. The molecule has 0 aliphatic heterocycles. The van der Waals surface area contributed by atoms with Crippen molar-refractivity contribution in [2.24, 2.45) is 0 Å². The third kappa shape index (κ3) is 3.44. The molecule has 1 heterocycles. The lowest BCUT2D eigenvalue weighted by Crippen LogP contribution is -2.11. The van der Waals surface area contributed by atoms with Gasteiger partial charge in [-0.2, -0.15) is 0 Å². The molecule has 0 saturated carbocycles. The van der Waals surface area contributed by atoms with Crippen molar-refractivity contribution in [3.8, 4) is 0 Å². The molecule has 0 radical (unpaired) electrons. The fourth-order valence-corrected chi connectivity index (χ4v) is 1.77. The minimum atomic E-state index is -0.0168. The van der Waals surface area contributed by atoms with Gasteiger partial charge in [-0.15, -0.1) is 0 Å². The van der Waals surface area contributed by atoms with Crippen LogP contribution in [0.25, 0.3) is 6.08 Å². The summed E-state index contributed by atoms with van der Waals surface area (Å²) in [4.78, 5) is 12.0. The summed E-state index contributed by atoms with van der Waals surface area (Å²) in [6, 6.07) is 11.4. The zero-order valence-electron chi connectivity index (χ0n) is 11.5. The summed E-state index contributed by atoms with van der Waals surface area (Å²) in [5, 5.41) is 0. The van der Waals surface area contributed by atoms with E-state index in [0.29, 0.717) is 11.3 Å². The average molecular weight is 254 g/mol. The summed E-state index contributed by atoms with van der Waals surface area (Å²) in [5.74, 6) is 0.663. The SMILES string of the molecule is CC(C)(C)c1ccc(C(=O)/C=C/c2ccco2)cc1. The fraction of sp³-hybridized carbons (Fsp3) is 0.235. The Balaban J connectivity index is 2.12. The van der Waals surface area contributed by atoms with Gasteiger partial charge < -0.3 is 4.42 Å². The molecule has 0 amide bonds. The van der Waals surface area contributed by atoms with Crippen LogP contribution in [0.3, 0.4) is 0 Å². The maximum Gasteiger partial charge on any atom is 0.185 e. The highest BCUT2D eigenvalue weighted by atomic mass is 16.3. The van der Waals surface area contributed by atoms with E-state index in [9.17, 15) is 4.79 Å². The number of hydrogen-bond acceptors (Lipinski definition) is 2. The second kappa shape index (κ2) is 5.27. The Morgan fingerprint density at radius 1 is 1.11 bits per heavy atom. The van der Waals surface area contributed by atoms with Gasteiger partial charge in [-0.05, 0) is 35.3 Å². The van der Waals surface area contributed by atoms with Crippen LogP contribution in [0, 0.1) is 0 Å². The highest BCUT2D eigenvalue weighted by Crippen LogP contribution is 2.22. The molecule has 1 aromatic carbocycles. The Morgan fingerprint density at radius 3 is 2.32 bits per heavy atom. The third-order valence-electron chi connectivity index (χ3n) is 2.98. The maximum atomic E-state index is 12.0. The van der Waals surface area contributed by atoms with E-state index < -0.39 is 0 Å². The van der Waals surface area contributed by atoms with E-state index in [1.807, 2.05) is 30.3 Å². The number of furan rings is 1. The van der Waals surface area contributed by atoms with E-state index in [0.717, 1.165) is 0 Å². The van der Waals surface area contributed by atoms with E-state index in [1.54, 1.807) is 18.4 Å². The van der Waals surface area contributed by atoms with Crippen molar-refractivity contribution in [1.29, 1.82) is 0 Å². The van der Waals surface area contributed by atoms with Crippen molar-refractivity contribution in [3.05, 3.63) is 65.6 Å². The Kier molecular flexibility index (Phi) is 3.70. The quantitative estimate of drug-likeness (QED) is 0.597. The van der Waals surface area contributed by atoms with E-state index in [2.05, 4.69) is 20.8 Å². The van der Waals surface area contributed by atoms with E-state index >= 15 is 0 Å². The summed E-state index contributed by atoms with van der Waals surface area (Å²) in [6.07, 6.45) is 4.80. The predicted octanol–water partition coefficient (Wildman–Crippen LogP) is 4.47. The normalized spacial score (nSPS) is 11.9. The van der Waals surface area contributed by atoms with Crippen LogP contribution in [0.1, 0.15) is 42.5 Å². The number of benzene rings is 1. The molecule has 0 saturated heterocycles. The Bertz CT molecular complexity index is 567. The van der Waals surface area contributed by atoms with Crippen LogP contribution in [0.15, 0.2) is 53.2 Å². The highest BCUT2D eigenvalue weighted by Gasteiger charge is 2.13. The number of allylic oxidation sites excluding steroid dienone is 1. The molecule has 2 nitrogen and oxygen atoms in total. The van der Waals surface area contributed by atoms with Crippen LogP contribution in [0.4, 0.5) is 0 Å². The Hall–Kier alpha value is -2.09. The van der Waals surface area contributed by atoms with Gasteiger partial charge in [0, 0.05) is 5.56 Å². The van der Waals surface area contributed by atoms with Gasteiger partial charge in [0.1, 0.15) is 5.76 Å². The zero-order chi connectivity index (χ0) is 13.9. The summed E-state index contributed by atoms with van der Waals surface area (Å²) in [5.41, 5.74) is 2.01. The number of rotatable bonds is 3. The lowest BCUT2D eigenvalue weighted by Gasteiger charge is -2.18. The molecule has 0 bridgehead atoms. The molecule has 0 N–H and O–H groups in total.